The van der Waals surface area contributed by atoms with Crippen molar-refractivity contribution in [1.29, 1.82) is 0 Å². The maximum absolute atomic E-state index is 11.9. The van der Waals surface area contributed by atoms with Gasteiger partial charge in [-0.15, -0.1) is 0 Å². The van der Waals surface area contributed by atoms with E-state index < -0.39 is 17.4 Å². The first-order chi connectivity index (χ1) is 15.9. The first-order valence-corrected chi connectivity index (χ1v) is 11.0. The number of aromatic amines is 2. The molecule has 2 aromatic heterocycles. The van der Waals surface area contributed by atoms with Crippen LogP contribution in [0.15, 0.2) is 34.6 Å². The molecule has 0 aliphatic rings. The van der Waals surface area contributed by atoms with Crippen molar-refractivity contribution in [1.82, 2.24) is 9.97 Å². The van der Waals surface area contributed by atoms with Crippen molar-refractivity contribution >= 4 is 23.4 Å². The number of rotatable bonds is 12. The lowest BCUT2D eigenvalue weighted by atomic mass is 9.76. The zero-order valence-corrected chi connectivity index (χ0v) is 19.5. The molecule has 0 fully saturated rings. The van der Waals surface area contributed by atoms with Crippen molar-refractivity contribution in [3.63, 3.8) is 0 Å². The second-order valence-corrected chi connectivity index (χ2v) is 7.47. The molecule has 180 valence electrons. The summed E-state index contributed by atoms with van der Waals surface area (Å²) >= 11 is 0. The van der Waals surface area contributed by atoms with E-state index in [1.165, 1.54) is 0 Å². The number of oxime groups is 2. The summed E-state index contributed by atoms with van der Waals surface area (Å²) in [6.07, 6.45) is 1.73. The molecular formula is C23H32N4O6. The normalized spacial score (nSPS) is 12.6. The fourth-order valence-corrected chi connectivity index (χ4v) is 3.89. The molecule has 0 amide bonds. The minimum absolute atomic E-state index is 0.0826. The van der Waals surface area contributed by atoms with Gasteiger partial charge in [-0.05, 0) is 51.0 Å². The summed E-state index contributed by atoms with van der Waals surface area (Å²) in [4.78, 5) is 30.6. The van der Waals surface area contributed by atoms with Gasteiger partial charge in [-0.25, -0.2) is 9.59 Å². The first kappa shape index (κ1) is 25.7. The number of nitrogens with zero attached hydrogens (tertiary/aromatic N) is 2. The lowest BCUT2D eigenvalue weighted by Crippen LogP contribution is -2.27. The molecular weight excluding hydrogens is 428 g/mol. The monoisotopic (exact) mass is 460 g/mol. The van der Waals surface area contributed by atoms with Crippen LogP contribution in [0.25, 0.3) is 0 Å². The Morgan fingerprint density at radius 3 is 1.48 bits per heavy atom. The molecule has 0 radical (unpaired) electrons. The summed E-state index contributed by atoms with van der Waals surface area (Å²) in [6, 6.07) is 7.59. The predicted octanol–water partition coefficient (Wildman–Crippen LogP) is 3.32. The van der Waals surface area contributed by atoms with E-state index in [4.69, 9.17) is 9.47 Å². The van der Waals surface area contributed by atoms with E-state index in [-0.39, 0.29) is 37.5 Å². The second kappa shape index (κ2) is 11.9. The summed E-state index contributed by atoms with van der Waals surface area (Å²) in [6.45, 7) is 7.89. The number of hydrogen-bond acceptors (Lipinski definition) is 8. The van der Waals surface area contributed by atoms with Gasteiger partial charge >= 0.3 is 11.9 Å². The zero-order chi connectivity index (χ0) is 24.4. The number of ether oxygens (including phenoxy) is 2. The van der Waals surface area contributed by atoms with Crippen LogP contribution in [0.3, 0.4) is 0 Å². The molecule has 33 heavy (non-hydrogen) atoms. The number of carbonyl (C=O) groups is 2. The molecule has 0 unspecified atom stereocenters. The summed E-state index contributed by atoms with van der Waals surface area (Å²) in [5.41, 5.74) is 2.72. The van der Waals surface area contributed by atoms with Crippen molar-refractivity contribution in [3.05, 3.63) is 47.0 Å². The van der Waals surface area contributed by atoms with E-state index in [0.717, 1.165) is 24.2 Å². The smallest absolute Gasteiger partial charge is 0.356 e. The van der Waals surface area contributed by atoms with E-state index >= 15 is 0 Å². The average molecular weight is 461 g/mol. The SMILES string of the molecule is CCOC(=O)/C(Cc1ccc(C(CC)(CC)c2ccc(C/C(=N\O)C(=O)OCC)[nH]2)[nH]1)=N\O. The van der Waals surface area contributed by atoms with E-state index in [2.05, 4.69) is 34.1 Å². The largest absolute Gasteiger partial charge is 0.461 e. The van der Waals surface area contributed by atoms with Gasteiger partial charge in [0.15, 0.2) is 11.4 Å². The van der Waals surface area contributed by atoms with Gasteiger partial charge in [0.2, 0.25) is 0 Å². The number of carbonyl (C=O) groups excluding carboxylic acids is 2. The number of aromatic nitrogens is 2. The molecule has 0 saturated carbocycles. The Labute approximate surface area is 192 Å². The molecule has 0 aliphatic heterocycles. The molecule has 10 heteroatoms. The third-order valence-electron chi connectivity index (χ3n) is 5.71. The quantitative estimate of drug-likeness (QED) is 0.165. The lowest BCUT2D eigenvalue weighted by Gasteiger charge is -2.30. The summed E-state index contributed by atoms with van der Waals surface area (Å²) in [5, 5.41) is 24.6. The topological polar surface area (TPSA) is 149 Å². The van der Waals surface area contributed by atoms with Gasteiger partial charge in [-0.2, -0.15) is 0 Å². The van der Waals surface area contributed by atoms with Crippen LogP contribution in [0.4, 0.5) is 0 Å². The minimum atomic E-state index is -0.662. The van der Waals surface area contributed by atoms with Gasteiger partial charge in [-0.1, -0.05) is 24.2 Å². The fourth-order valence-electron chi connectivity index (χ4n) is 3.89. The Hall–Kier alpha value is -3.56. The van der Waals surface area contributed by atoms with Crippen molar-refractivity contribution < 1.29 is 29.5 Å². The van der Waals surface area contributed by atoms with Gasteiger partial charge in [0, 0.05) is 41.0 Å². The number of nitrogens with one attached hydrogen (secondary N) is 2. The van der Waals surface area contributed by atoms with Gasteiger partial charge < -0.3 is 29.9 Å². The van der Waals surface area contributed by atoms with E-state index in [0.29, 0.717) is 11.4 Å². The van der Waals surface area contributed by atoms with Crippen molar-refractivity contribution in [3.8, 4) is 0 Å². The van der Waals surface area contributed by atoms with Gasteiger partial charge in [0.05, 0.1) is 13.2 Å². The molecule has 0 saturated heterocycles. The van der Waals surface area contributed by atoms with E-state index in [1.54, 1.807) is 13.8 Å². The van der Waals surface area contributed by atoms with Gasteiger partial charge in [0.1, 0.15) is 0 Å². The van der Waals surface area contributed by atoms with Crippen LogP contribution in [0.2, 0.25) is 0 Å². The highest BCUT2D eigenvalue weighted by Gasteiger charge is 2.34. The molecule has 2 rings (SSSR count). The van der Waals surface area contributed by atoms with Crippen LogP contribution in [0.1, 0.15) is 63.3 Å². The number of esters is 2. The fraction of sp³-hybridized carbons (Fsp3) is 0.478. The summed E-state index contributed by atoms with van der Waals surface area (Å²) in [7, 11) is 0. The van der Waals surface area contributed by atoms with Crippen LogP contribution in [-0.2, 0) is 37.3 Å². The molecule has 0 spiro atoms. The molecule has 0 atom stereocenters. The average Bonchev–Trinajstić information content (AvgIpc) is 3.48. The highest BCUT2D eigenvalue weighted by Crippen LogP contribution is 2.38. The molecule has 10 nitrogen and oxygen atoms in total. The van der Waals surface area contributed by atoms with E-state index in [1.807, 2.05) is 24.3 Å². The molecule has 2 heterocycles. The molecule has 2 aromatic rings. The Morgan fingerprint density at radius 1 is 0.788 bits per heavy atom. The second-order valence-electron chi connectivity index (χ2n) is 7.47. The summed E-state index contributed by atoms with van der Waals surface area (Å²) < 4.78 is 9.84. The van der Waals surface area contributed by atoms with Gasteiger partial charge in [-0.3, -0.25) is 0 Å². The highest BCUT2D eigenvalue weighted by atomic mass is 16.5. The van der Waals surface area contributed by atoms with Crippen LogP contribution >= 0.6 is 0 Å². The molecule has 0 aromatic carbocycles. The molecule has 0 aliphatic carbocycles. The standard InChI is InChI=1S/C23H32N4O6/c1-5-23(6-2,19-11-9-15(24-19)13-17(26-30)21(28)32-7-3)20-12-10-16(25-20)14-18(27-31)22(29)33-8-4/h9-12,24-25,30-31H,5-8,13-14H2,1-4H3/b26-17-,27-18+. The molecule has 0 bridgehead atoms. The Morgan fingerprint density at radius 2 is 1.18 bits per heavy atom. The van der Waals surface area contributed by atoms with Crippen LogP contribution < -0.4 is 0 Å². The van der Waals surface area contributed by atoms with Crippen molar-refractivity contribution in [2.75, 3.05) is 13.2 Å². The Balaban J connectivity index is 2.29. The first-order valence-electron chi connectivity index (χ1n) is 11.0. The Kier molecular flexibility index (Phi) is 9.26. The lowest BCUT2D eigenvalue weighted by molar-refractivity contribution is -0.136. The van der Waals surface area contributed by atoms with Crippen molar-refractivity contribution in [2.45, 2.75) is 58.8 Å². The van der Waals surface area contributed by atoms with Gasteiger partial charge in [0.25, 0.3) is 0 Å². The maximum Gasteiger partial charge on any atom is 0.356 e. The zero-order valence-electron chi connectivity index (χ0n) is 19.5. The molecule has 4 N–H and O–H groups in total. The van der Waals surface area contributed by atoms with Crippen LogP contribution in [0.5, 0.6) is 0 Å². The predicted molar refractivity (Wildman–Crippen MR) is 122 cm³/mol. The summed E-state index contributed by atoms with van der Waals surface area (Å²) in [5.74, 6) is -1.32. The van der Waals surface area contributed by atoms with Crippen LogP contribution in [-0.4, -0.2) is 57.0 Å². The van der Waals surface area contributed by atoms with E-state index in [9.17, 15) is 20.0 Å². The third-order valence-corrected chi connectivity index (χ3v) is 5.71. The minimum Gasteiger partial charge on any atom is -0.461 e. The number of H-pyrrole nitrogens is 2. The maximum atomic E-state index is 11.9. The number of hydrogen-bond donors (Lipinski definition) is 4. The Bertz CT molecular complexity index is 924. The third kappa shape index (κ3) is 5.82. The van der Waals surface area contributed by atoms with Crippen LogP contribution in [0, 0.1) is 0 Å². The van der Waals surface area contributed by atoms with Crippen molar-refractivity contribution in [2.24, 2.45) is 10.3 Å². The highest BCUT2D eigenvalue weighted by molar-refractivity contribution is 6.37.